The van der Waals surface area contributed by atoms with Gasteiger partial charge in [0.25, 0.3) is 0 Å². The molecule has 1 heterocycles. The number of carbonyl (C=O) groups excluding carboxylic acids is 1. The Morgan fingerprint density at radius 3 is 2.58 bits per heavy atom. The van der Waals surface area contributed by atoms with E-state index < -0.39 is 9.84 Å². The van der Waals surface area contributed by atoms with Crippen molar-refractivity contribution in [1.29, 1.82) is 0 Å². The van der Waals surface area contributed by atoms with Crippen molar-refractivity contribution in [3.8, 4) is 0 Å². The summed E-state index contributed by atoms with van der Waals surface area (Å²) in [6.07, 6.45) is 4.92. The molecule has 1 N–H and O–H groups in total. The van der Waals surface area contributed by atoms with Gasteiger partial charge in [0, 0.05) is 25.8 Å². The van der Waals surface area contributed by atoms with Crippen molar-refractivity contribution in [2.45, 2.75) is 49.5 Å². The fraction of sp³-hybridized carbons (Fsp3) is 0.923. The summed E-state index contributed by atoms with van der Waals surface area (Å²) < 4.78 is 28.5. The molecule has 1 saturated heterocycles. The lowest BCUT2D eigenvalue weighted by Crippen LogP contribution is -2.39. The van der Waals surface area contributed by atoms with E-state index in [4.69, 9.17) is 4.74 Å². The van der Waals surface area contributed by atoms with Gasteiger partial charge in [0.15, 0.2) is 5.78 Å². The molecule has 2 rings (SSSR count). The lowest BCUT2D eigenvalue weighted by atomic mass is 9.83. The lowest BCUT2D eigenvalue weighted by molar-refractivity contribution is -0.125. The van der Waals surface area contributed by atoms with Gasteiger partial charge in [-0.1, -0.05) is 6.42 Å². The number of ketones is 1. The van der Waals surface area contributed by atoms with Gasteiger partial charge in [-0.2, -0.15) is 0 Å². The molecule has 0 bridgehead atoms. The predicted molar refractivity (Wildman–Crippen MR) is 72.8 cm³/mol. The SMILES string of the molecule is COC1CNC(C(=O)C2CCCC(S(C)(=O)=O)C2)C1. The van der Waals surface area contributed by atoms with E-state index in [-0.39, 0.29) is 29.1 Å². The number of rotatable bonds is 4. The highest BCUT2D eigenvalue weighted by atomic mass is 32.2. The highest BCUT2D eigenvalue weighted by molar-refractivity contribution is 7.91. The van der Waals surface area contributed by atoms with Crippen LogP contribution in [0.1, 0.15) is 32.1 Å². The van der Waals surface area contributed by atoms with Gasteiger partial charge < -0.3 is 10.1 Å². The Labute approximate surface area is 115 Å². The van der Waals surface area contributed by atoms with Crippen molar-refractivity contribution in [3.63, 3.8) is 0 Å². The molecule has 0 aromatic heterocycles. The normalized spacial score (nSPS) is 36.3. The molecule has 4 atom stereocenters. The smallest absolute Gasteiger partial charge is 0.152 e. The van der Waals surface area contributed by atoms with Crippen molar-refractivity contribution in [2.24, 2.45) is 5.92 Å². The summed E-state index contributed by atoms with van der Waals surface area (Å²) in [4.78, 5) is 12.4. The molecule has 0 amide bonds. The molecular formula is C13H23NO4S. The number of hydrogen-bond donors (Lipinski definition) is 1. The zero-order valence-electron chi connectivity index (χ0n) is 11.6. The molecule has 0 aromatic rings. The van der Waals surface area contributed by atoms with Gasteiger partial charge in [-0.05, 0) is 25.7 Å². The Morgan fingerprint density at radius 2 is 2.00 bits per heavy atom. The van der Waals surface area contributed by atoms with Crippen LogP contribution in [0.15, 0.2) is 0 Å². The average molecular weight is 289 g/mol. The molecule has 6 heteroatoms. The van der Waals surface area contributed by atoms with Crippen LogP contribution in [0.4, 0.5) is 0 Å². The molecule has 4 unspecified atom stereocenters. The summed E-state index contributed by atoms with van der Waals surface area (Å²) in [6.45, 7) is 0.704. The number of sulfone groups is 1. The maximum Gasteiger partial charge on any atom is 0.152 e. The highest BCUT2D eigenvalue weighted by Gasteiger charge is 2.37. The zero-order chi connectivity index (χ0) is 14.0. The third kappa shape index (κ3) is 3.55. The average Bonchev–Trinajstić information content (AvgIpc) is 2.86. The summed E-state index contributed by atoms with van der Waals surface area (Å²) in [6, 6.07) is -0.159. The largest absolute Gasteiger partial charge is 0.380 e. The van der Waals surface area contributed by atoms with Gasteiger partial charge in [0.2, 0.25) is 0 Å². The summed E-state index contributed by atoms with van der Waals surface area (Å²) >= 11 is 0. The Balaban J connectivity index is 1.96. The molecule has 0 aromatic carbocycles. The fourth-order valence-electron chi connectivity index (χ4n) is 3.18. The van der Waals surface area contributed by atoms with E-state index >= 15 is 0 Å². The second-order valence-electron chi connectivity index (χ2n) is 5.77. The van der Waals surface area contributed by atoms with Crippen LogP contribution in [0, 0.1) is 5.92 Å². The second kappa shape index (κ2) is 5.89. The van der Waals surface area contributed by atoms with Crippen molar-refractivity contribution < 1.29 is 17.9 Å². The second-order valence-corrected chi connectivity index (χ2v) is 8.10. The first-order chi connectivity index (χ1) is 8.91. The van der Waals surface area contributed by atoms with Crippen molar-refractivity contribution in [1.82, 2.24) is 5.32 Å². The van der Waals surface area contributed by atoms with Crippen LogP contribution in [0.25, 0.3) is 0 Å². The van der Waals surface area contributed by atoms with Gasteiger partial charge in [-0.15, -0.1) is 0 Å². The number of carbonyl (C=O) groups is 1. The van der Waals surface area contributed by atoms with Crippen molar-refractivity contribution >= 4 is 15.6 Å². The minimum atomic E-state index is -3.03. The van der Waals surface area contributed by atoms with Crippen LogP contribution in [0.5, 0.6) is 0 Å². The third-order valence-electron chi connectivity index (χ3n) is 4.40. The minimum Gasteiger partial charge on any atom is -0.380 e. The Kier molecular flexibility index (Phi) is 4.63. The van der Waals surface area contributed by atoms with Crippen LogP contribution >= 0.6 is 0 Å². The zero-order valence-corrected chi connectivity index (χ0v) is 12.4. The molecule has 1 aliphatic carbocycles. The van der Waals surface area contributed by atoms with Crippen LogP contribution < -0.4 is 5.32 Å². The minimum absolute atomic E-state index is 0.100. The summed E-state index contributed by atoms with van der Waals surface area (Å²) in [5.41, 5.74) is 0. The molecule has 1 aliphatic heterocycles. The predicted octanol–water partition coefficient (Wildman–Crippen LogP) is 0.536. The topological polar surface area (TPSA) is 72.5 Å². The third-order valence-corrected chi connectivity index (χ3v) is 6.04. The van der Waals surface area contributed by atoms with Gasteiger partial charge in [-0.3, -0.25) is 4.79 Å². The quantitative estimate of drug-likeness (QED) is 0.817. The monoisotopic (exact) mass is 289 g/mol. The Morgan fingerprint density at radius 1 is 1.26 bits per heavy atom. The molecule has 5 nitrogen and oxygen atoms in total. The fourth-order valence-corrected chi connectivity index (χ4v) is 4.35. The van der Waals surface area contributed by atoms with Crippen LogP contribution in [0.2, 0.25) is 0 Å². The first kappa shape index (κ1) is 14.9. The first-order valence-electron chi connectivity index (χ1n) is 6.90. The van der Waals surface area contributed by atoms with Gasteiger partial charge in [0.05, 0.1) is 17.4 Å². The van der Waals surface area contributed by atoms with Gasteiger partial charge in [-0.25, -0.2) is 8.42 Å². The van der Waals surface area contributed by atoms with E-state index in [0.29, 0.717) is 25.8 Å². The van der Waals surface area contributed by atoms with Crippen LogP contribution in [0.3, 0.4) is 0 Å². The molecule has 0 radical (unpaired) electrons. The molecular weight excluding hydrogens is 266 g/mol. The van der Waals surface area contributed by atoms with Crippen LogP contribution in [-0.2, 0) is 19.4 Å². The number of methoxy groups -OCH3 is 1. The van der Waals surface area contributed by atoms with Crippen molar-refractivity contribution in [2.75, 3.05) is 19.9 Å². The number of nitrogens with one attached hydrogen (secondary N) is 1. The number of Topliss-reactive ketones (excluding diaryl/α,β-unsaturated/α-hetero) is 1. The summed E-state index contributed by atoms with van der Waals surface area (Å²) in [5, 5.41) is 2.85. The summed E-state index contributed by atoms with van der Waals surface area (Å²) in [5.74, 6) is 0.0643. The van der Waals surface area contributed by atoms with E-state index in [1.807, 2.05) is 0 Å². The lowest BCUT2D eigenvalue weighted by Gasteiger charge is -2.28. The van der Waals surface area contributed by atoms with E-state index in [0.717, 1.165) is 12.8 Å². The summed E-state index contributed by atoms with van der Waals surface area (Å²) in [7, 11) is -1.38. The van der Waals surface area contributed by atoms with E-state index in [1.165, 1.54) is 6.26 Å². The molecule has 1 saturated carbocycles. The maximum absolute atomic E-state index is 12.4. The molecule has 110 valence electrons. The molecule has 0 spiro atoms. The van der Waals surface area contributed by atoms with Crippen LogP contribution in [-0.4, -0.2) is 51.5 Å². The maximum atomic E-state index is 12.4. The van der Waals surface area contributed by atoms with E-state index in [9.17, 15) is 13.2 Å². The van der Waals surface area contributed by atoms with E-state index in [2.05, 4.69) is 5.32 Å². The van der Waals surface area contributed by atoms with Gasteiger partial charge >= 0.3 is 0 Å². The highest BCUT2D eigenvalue weighted by Crippen LogP contribution is 2.31. The molecule has 2 fully saturated rings. The first-order valence-corrected chi connectivity index (χ1v) is 8.86. The Bertz CT molecular complexity index is 434. The molecule has 2 aliphatic rings. The number of hydrogen-bond acceptors (Lipinski definition) is 5. The van der Waals surface area contributed by atoms with Crippen molar-refractivity contribution in [3.05, 3.63) is 0 Å². The van der Waals surface area contributed by atoms with Gasteiger partial charge in [0.1, 0.15) is 9.84 Å². The number of ether oxygens (including phenoxy) is 1. The molecule has 19 heavy (non-hydrogen) atoms. The van der Waals surface area contributed by atoms with E-state index in [1.54, 1.807) is 7.11 Å². The Hall–Kier alpha value is -0.460. The standard InChI is InChI=1S/C13H23NO4S/c1-18-10-7-12(14-8-10)13(15)9-4-3-5-11(6-9)19(2,16)17/h9-12,14H,3-8H2,1-2H3.